The van der Waals surface area contributed by atoms with Gasteiger partial charge in [0.25, 0.3) is 0 Å². The van der Waals surface area contributed by atoms with E-state index < -0.39 is 12.2 Å². The van der Waals surface area contributed by atoms with Gasteiger partial charge >= 0.3 is 5.97 Å². The standard InChI is InChI=1S/C26H50O4/c1-5-6-15-22(2)16-14-17-23(3)19-20-26(29)30-21-13-11-9-7-8-10-12-18-25(28)24(4)27/h16,23-25,27-28H,5-15,17-21H2,1-4H3/t23-,24-,25-/m0/s1. The molecule has 0 heterocycles. The van der Waals surface area contributed by atoms with Crippen molar-refractivity contribution < 1.29 is 19.7 Å². The fourth-order valence-electron chi connectivity index (χ4n) is 3.52. The molecule has 4 nitrogen and oxygen atoms in total. The third kappa shape index (κ3) is 19.1. The highest BCUT2D eigenvalue weighted by molar-refractivity contribution is 5.69. The third-order valence-corrected chi connectivity index (χ3v) is 5.88. The van der Waals surface area contributed by atoms with E-state index in [1.54, 1.807) is 6.92 Å². The quantitative estimate of drug-likeness (QED) is 0.129. The van der Waals surface area contributed by atoms with Crippen LogP contribution in [0.4, 0.5) is 0 Å². The number of hydrogen-bond donors (Lipinski definition) is 2. The highest BCUT2D eigenvalue weighted by Gasteiger charge is 2.09. The fraction of sp³-hybridized carbons (Fsp3) is 0.885. The van der Waals surface area contributed by atoms with Gasteiger partial charge in [0.05, 0.1) is 18.8 Å². The molecule has 0 radical (unpaired) electrons. The van der Waals surface area contributed by atoms with Gasteiger partial charge in [-0.15, -0.1) is 0 Å². The molecule has 178 valence electrons. The number of carbonyl (C=O) groups is 1. The van der Waals surface area contributed by atoms with Crippen molar-refractivity contribution in [3.8, 4) is 0 Å². The molecule has 0 aliphatic carbocycles. The van der Waals surface area contributed by atoms with Crippen LogP contribution < -0.4 is 0 Å². The average Bonchev–Trinajstić information content (AvgIpc) is 2.71. The van der Waals surface area contributed by atoms with E-state index in [-0.39, 0.29) is 5.97 Å². The van der Waals surface area contributed by atoms with E-state index in [0.717, 1.165) is 51.4 Å². The number of aliphatic hydroxyl groups is 2. The maximum absolute atomic E-state index is 11.9. The summed E-state index contributed by atoms with van der Waals surface area (Å²) in [5.41, 5.74) is 1.50. The lowest BCUT2D eigenvalue weighted by Crippen LogP contribution is -2.21. The number of esters is 1. The zero-order valence-electron chi connectivity index (χ0n) is 20.3. The summed E-state index contributed by atoms with van der Waals surface area (Å²) in [5.74, 6) is 0.516. The molecule has 3 atom stereocenters. The predicted octanol–water partition coefficient (Wildman–Crippen LogP) is 6.73. The van der Waals surface area contributed by atoms with Crippen LogP contribution in [-0.4, -0.2) is 35.0 Å². The summed E-state index contributed by atoms with van der Waals surface area (Å²) in [5, 5.41) is 18.8. The van der Waals surface area contributed by atoms with Crippen LogP contribution >= 0.6 is 0 Å². The first-order chi connectivity index (χ1) is 14.4. The van der Waals surface area contributed by atoms with E-state index in [9.17, 15) is 15.0 Å². The smallest absolute Gasteiger partial charge is 0.305 e. The van der Waals surface area contributed by atoms with Gasteiger partial charge in [0, 0.05) is 6.42 Å². The molecule has 0 aromatic rings. The Kier molecular flexibility index (Phi) is 19.5. The van der Waals surface area contributed by atoms with Crippen molar-refractivity contribution in [2.75, 3.05) is 6.61 Å². The Labute approximate surface area is 186 Å². The van der Waals surface area contributed by atoms with Crippen LogP contribution in [0.5, 0.6) is 0 Å². The van der Waals surface area contributed by atoms with Crippen LogP contribution in [0.2, 0.25) is 0 Å². The van der Waals surface area contributed by atoms with Crippen molar-refractivity contribution >= 4 is 5.97 Å². The van der Waals surface area contributed by atoms with Crippen molar-refractivity contribution in [1.82, 2.24) is 0 Å². The first kappa shape index (κ1) is 29.1. The molecule has 0 aromatic carbocycles. The summed E-state index contributed by atoms with van der Waals surface area (Å²) in [6, 6.07) is 0. The normalized spacial score (nSPS) is 15.1. The molecule has 0 spiro atoms. The number of hydrogen-bond acceptors (Lipinski definition) is 4. The second-order valence-electron chi connectivity index (χ2n) is 9.17. The molecular weight excluding hydrogens is 376 g/mol. The van der Waals surface area contributed by atoms with E-state index in [1.165, 1.54) is 37.7 Å². The lowest BCUT2D eigenvalue weighted by molar-refractivity contribution is -0.144. The van der Waals surface area contributed by atoms with E-state index in [1.807, 2.05) is 0 Å². The van der Waals surface area contributed by atoms with Crippen LogP contribution in [0.15, 0.2) is 11.6 Å². The lowest BCUT2D eigenvalue weighted by Gasteiger charge is -2.12. The van der Waals surface area contributed by atoms with Crippen molar-refractivity contribution in [3.05, 3.63) is 11.6 Å². The molecule has 0 amide bonds. The first-order valence-electron chi connectivity index (χ1n) is 12.5. The lowest BCUT2D eigenvalue weighted by atomic mass is 9.98. The van der Waals surface area contributed by atoms with Crippen molar-refractivity contribution in [1.29, 1.82) is 0 Å². The maximum Gasteiger partial charge on any atom is 0.305 e. The van der Waals surface area contributed by atoms with Crippen molar-refractivity contribution in [3.63, 3.8) is 0 Å². The van der Waals surface area contributed by atoms with Crippen molar-refractivity contribution in [2.45, 2.75) is 136 Å². The van der Waals surface area contributed by atoms with E-state index >= 15 is 0 Å². The van der Waals surface area contributed by atoms with Crippen LogP contribution in [0, 0.1) is 5.92 Å². The monoisotopic (exact) mass is 426 g/mol. The van der Waals surface area contributed by atoms with E-state index in [4.69, 9.17) is 4.74 Å². The zero-order valence-corrected chi connectivity index (χ0v) is 20.3. The van der Waals surface area contributed by atoms with Gasteiger partial charge in [0.15, 0.2) is 0 Å². The van der Waals surface area contributed by atoms with Gasteiger partial charge in [-0.1, -0.05) is 70.4 Å². The molecule has 4 heteroatoms. The molecule has 2 N–H and O–H groups in total. The molecular formula is C26H50O4. The number of unbranched alkanes of at least 4 members (excludes halogenated alkanes) is 7. The molecule has 0 unspecified atom stereocenters. The molecule has 30 heavy (non-hydrogen) atoms. The molecule has 0 fully saturated rings. The third-order valence-electron chi connectivity index (χ3n) is 5.88. The Balaban J connectivity index is 3.49. The molecule has 0 aliphatic heterocycles. The topological polar surface area (TPSA) is 66.8 Å². The second-order valence-corrected chi connectivity index (χ2v) is 9.17. The molecule has 0 rings (SSSR count). The van der Waals surface area contributed by atoms with Gasteiger partial charge in [-0.2, -0.15) is 0 Å². The maximum atomic E-state index is 11.9. The highest BCUT2D eigenvalue weighted by Crippen LogP contribution is 2.16. The Morgan fingerprint density at radius 1 is 0.867 bits per heavy atom. The number of ether oxygens (including phenoxy) is 1. The van der Waals surface area contributed by atoms with Gasteiger partial charge < -0.3 is 14.9 Å². The number of carbonyl (C=O) groups excluding carboxylic acids is 1. The second kappa shape index (κ2) is 20.1. The fourth-order valence-corrected chi connectivity index (χ4v) is 3.52. The number of allylic oxidation sites excluding steroid dienone is 2. The molecule has 0 aromatic heterocycles. The first-order valence-corrected chi connectivity index (χ1v) is 12.5. The van der Waals surface area contributed by atoms with Crippen LogP contribution in [0.1, 0.15) is 124 Å². The summed E-state index contributed by atoms with van der Waals surface area (Å²) in [6.07, 6.45) is 16.9. The predicted molar refractivity (Wildman–Crippen MR) is 126 cm³/mol. The summed E-state index contributed by atoms with van der Waals surface area (Å²) >= 11 is 0. The zero-order chi connectivity index (χ0) is 22.6. The van der Waals surface area contributed by atoms with E-state index in [2.05, 4.69) is 26.8 Å². The molecule has 0 saturated heterocycles. The number of aliphatic hydroxyl groups excluding tert-OH is 2. The Morgan fingerprint density at radius 3 is 2.13 bits per heavy atom. The Bertz CT molecular complexity index is 431. The minimum Gasteiger partial charge on any atom is -0.466 e. The summed E-state index contributed by atoms with van der Waals surface area (Å²) in [7, 11) is 0. The molecule has 0 saturated carbocycles. The Hall–Kier alpha value is -0.870. The van der Waals surface area contributed by atoms with Gasteiger partial charge in [-0.3, -0.25) is 4.79 Å². The van der Waals surface area contributed by atoms with E-state index in [0.29, 0.717) is 25.4 Å². The Morgan fingerprint density at radius 2 is 1.50 bits per heavy atom. The van der Waals surface area contributed by atoms with Crippen LogP contribution in [0.25, 0.3) is 0 Å². The largest absolute Gasteiger partial charge is 0.466 e. The summed E-state index contributed by atoms with van der Waals surface area (Å²) in [4.78, 5) is 11.9. The van der Waals surface area contributed by atoms with Gasteiger partial charge in [0.1, 0.15) is 0 Å². The number of rotatable bonds is 20. The summed E-state index contributed by atoms with van der Waals surface area (Å²) in [6.45, 7) is 8.86. The van der Waals surface area contributed by atoms with Crippen LogP contribution in [-0.2, 0) is 9.53 Å². The minimum atomic E-state index is -0.627. The van der Waals surface area contributed by atoms with Crippen molar-refractivity contribution in [2.24, 2.45) is 5.92 Å². The van der Waals surface area contributed by atoms with Gasteiger partial charge in [0.2, 0.25) is 0 Å². The summed E-state index contributed by atoms with van der Waals surface area (Å²) < 4.78 is 5.37. The molecule has 0 bridgehead atoms. The van der Waals surface area contributed by atoms with Gasteiger partial charge in [-0.05, 0) is 64.7 Å². The van der Waals surface area contributed by atoms with Crippen LogP contribution in [0.3, 0.4) is 0 Å². The minimum absolute atomic E-state index is 0.0480. The SMILES string of the molecule is CCCCC(C)=CCC[C@H](C)CCC(=O)OCCCCCCCCC[C@H](O)[C@H](C)O. The molecule has 0 aliphatic rings. The van der Waals surface area contributed by atoms with Gasteiger partial charge in [-0.25, -0.2) is 0 Å². The highest BCUT2D eigenvalue weighted by atomic mass is 16.5. The average molecular weight is 427 g/mol.